The van der Waals surface area contributed by atoms with Gasteiger partial charge in [0, 0.05) is 0 Å². The average molecular weight is 204 g/mol. The first-order chi connectivity index (χ1) is 7.24. The van der Waals surface area contributed by atoms with E-state index in [4.69, 9.17) is 11.0 Å². The summed E-state index contributed by atoms with van der Waals surface area (Å²) in [7, 11) is 0. The van der Waals surface area contributed by atoms with Gasteiger partial charge in [0.2, 0.25) is 0 Å². The zero-order chi connectivity index (χ0) is 10.8. The predicted octanol–water partition coefficient (Wildman–Crippen LogP) is 2.15. The van der Waals surface area contributed by atoms with Crippen LogP contribution in [0.2, 0.25) is 0 Å². The third kappa shape index (κ3) is 1.70. The van der Waals surface area contributed by atoms with Crippen LogP contribution in [0.5, 0.6) is 0 Å². The fourth-order valence-electron chi connectivity index (χ4n) is 2.26. The Balaban J connectivity index is 2.35. The topological polar surface area (TPSA) is 67.6 Å². The van der Waals surface area contributed by atoms with Gasteiger partial charge in [-0.1, -0.05) is 19.3 Å². The molecule has 1 heterocycles. The molecule has 2 N–H and O–H groups in total. The van der Waals surface area contributed by atoms with Crippen molar-refractivity contribution in [2.24, 2.45) is 0 Å². The number of hydrogen-bond acceptors (Lipinski definition) is 3. The molecule has 1 aromatic heterocycles. The van der Waals surface area contributed by atoms with E-state index in [1.807, 2.05) is 11.6 Å². The van der Waals surface area contributed by atoms with Crippen molar-refractivity contribution < 1.29 is 0 Å². The number of nitrogens with two attached hydrogens (primary N) is 1. The molecule has 0 bridgehead atoms. The zero-order valence-electron chi connectivity index (χ0n) is 9.03. The van der Waals surface area contributed by atoms with Crippen molar-refractivity contribution in [2.75, 3.05) is 5.73 Å². The first-order valence-electron chi connectivity index (χ1n) is 5.48. The lowest BCUT2D eigenvalue weighted by atomic mass is 9.95. The Hall–Kier alpha value is -1.50. The Labute approximate surface area is 89.7 Å². The highest BCUT2D eigenvalue weighted by Crippen LogP contribution is 2.30. The zero-order valence-corrected chi connectivity index (χ0v) is 9.03. The number of rotatable bonds is 1. The minimum atomic E-state index is 0.379. The summed E-state index contributed by atoms with van der Waals surface area (Å²) in [6, 6.07) is 2.54. The number of anilines is 1. The molecule has 0 atom stereocenters. The fourth-order valence-corrected chi connectivity index (χ4v) is 2.26. The molecule has 2 rings (SSSR count). The summed E-state index contributed by atoms with van der Waals surface area (Å²) < 4.78 is 1.84. The summed E-state index contributed by atoms with van der Waals surface area (Å²) in [5.41, 5.74) is 7.68. The number of nitrogen functional groups attached to an aromatic ring is 1. The molecule has 0 aromatic carbocycles. The number of aromatic nitrogens is 2. The molecule has 0 saturated heterocycles. The molecule has 1 saturated carbocycles. The van der Waals surface area contributed by atoms with Gasteiger partial charge in [0.1, 0.15) is 6.07 Å². The van der Waals surface area contributed by atoms with E-state index < -0.39 is 0 Å². The molecule has 80 valence electrons. The maximum atomic E-state index is 9.05. The van der Waals surface area contributed by atoms with Crippen LogP contribution in [0, 0.1) is 18.3 Å². The Morgan fingerprint density at radius 1 is 1.40 bits per heavy atom. The van der Waals surface area contributed by atoms with E-state index in [1.54, 1.807) is 0 Å². The minimum Gasteiger partial charge on any atom is -0.395 e. The van der Waals surface area contributed by atoms with Gasteiger partial charge in [-0.25, -0.2) is 4.68 Å². The third-order valence-corrected chi connectivity index (χ3v) is 3.16. The quantitative estimate of drug-likeness (QED) is 0.762. The van der Waals surface area contributed by atoms with Crippen molar-refractivity contribution in [3.8, 4) is 6.07 Å². The van der Waals surface area contributed by atoms with Crippen LogP contribution < -0.4 is 5.73 Å². The summed E-state index contributed by atoms with van der Waals surface area (Å²) in [5, 5.41) is 13.4. The monoisotopic (exact) mass is 204 g/mol. The highest BCUT2D eigenvalue weighted by atomic mass is 15.3. The number of aryl methyl sites for hydroxylation is 1. The van der Waals surface area contributed by atoms with Gasteiger partial charge < -0.3 is 5.73 Å². The van der Waals surface area contributed by atoms with Crippen LogP contribution in [0.1, 0.15) is 49.5 Å². The molecule has 0 radical (unpaired) electrons. The van der Waals surface area contributed by atoms with Crippen LogP contribution >= 0.6 is 0 Å². The molecule has 4 nitrogen and oxygen atoms in total. The van der Waals surface area contributed by atoms with Crippen molar-refractivity contribution in [3.05, 3.63) is 11.4 Å². The van der Waals surface area contributed by atoms with E-state index in [9.17, 15) is 0 Å². The van der Waals surface area contributed by atoms with Gasteiger partial charge in [-0.3, -0.25) is 0 Å². The first-order valence-corrected chi connectivity index (χ1v) is 5.48. The van der Waals surface area contributed by atoms with Crippen LogP contribution in [0.15, 0.2) is 0 Å². The van der Waals surface area contributed by atoms with E-state index in [2.05, 4.69) is 11.2 Å². The lowest BCUT2D eigenvalue weighted by molar-refractivity contribution is 0.326. The van der Waals surface area contributed by atoms with E-state index in [0.717, 1.165) is 18.5 Å². The van der Waals surface area contributed by atoms with Gasteiger partial charge in [-0.15, -0.1) is 0 Å². The molecule has 0 aliphatic heterocycles. The summed E-state index contributed by atoms with van der Waals surface area (Å²) in [6.07, 6.45) is 6.00. The van der Waals surface area contributed by atoms with Gasteiger partial charge >= 0.3 is 0 Å². The SMILES string of the molecule is Cc1nn(C2CCCCC2)c(C#N)c1N. The van der Waals surface area contributed by atoms with Crippen molar-refractivity contribution >= 4 is 5.69 Å². The molecule has 0 unspecified atom stereocenters. The summed E-state index contributed by atoms with van der Waals surface area (Å²) in [6.45, 7) is 1.86. The first kappa shape index (κ1) is 10.0. The van der Waals surface area contributed by atoms with Crippen LogP contribution in [0.3, 0.4) is 0 Å². The lowest BCUT2D eigenvalue weighted by Gasteiger charge is -2.22. The largest absolute Gasteiger partial charge is 0.395 e. The van der Waals surface area contributed by atoms with Crippen molar-refractivity contribution in [1.82, 2.24) is 9.78 Å². The van der Waals surface area contributed by atoms with Crippen LogP contribution in [0.4, 0.5) is 5.69 Å². The average Bonchev–Trinajstić information content (AvgIpc) is 2.56. The second-order valence-electron chi connectivity index (χ2n) is 4.20. The summed E-state index contributed by atoms with van der Waals surface area (Å²) in [4.78, 5) is 0. The Bertz CT molecular complexity index is 393. The molecular formula is C11H16N4. The van der Waals surface area contributed by atoms with Gasteiger partial charge in [0.25, 0.3) is 0 Å². The second-order valence-corrected chi connectivity index (χ2v) is 4.20. The molecule has 1 aliphatic carbocycles. The molecule has 0 spiro atoms. The molecule has 1 fully saturated rings. The summed E-state index contributed by atoms with van der Waals surface area (Å²) >= 11 is 0. The van der Waals surface area contributed by atoms with Gasteiger partial charge in [-0.05, 0) is 19.8 Å². The molecule has 0 amide bonds. The van der Waals surface area contributed by atoms with E-state index in [-0.39, 0.29) is 0 Å². The smallest absolute Gasteiger partial charge is 0.162 e. The third-order valence-electron chi connectivity index (χ3n) is 3.16. The van der Waals surface area contributed by atoms with Crippen molar-refractivity contribution in [1.29, 1.82) is 5.26 Å². The Morgan fingerprint density at radius 2 is 2.07 bits per heavy atom. The van der Waals surface area contributed by atoms with E-state index >= 15 is 0 Å². The molecule has 1 aromatic rings. The molecule has 1 aliphatic rings. The van der Waals surface area contributed by atoms with Crippen LogP contribution in [0.25, 0.3) is 0 Å². The molecule has 4 heteroatoms. The highest BCUT2D eigenvalue weighted by Gasteiger charge is 2.21. The second kappa shape index (κ2) is 3.93. The maximum absolute atomic E-state index is 9.05. The van der Waals surface area contributed by atoms with Crippen LogP contribution in [-0.4, -0.2) is 9.78 Å². The van der Waals surface area contributed by atoms with Crippen molar-refractivity contribution in [2.45, 2.75) is 45.1 Å². The number of hydrogen-bond donors (Lipinski definition) is 1. The van der Waals surface area contributed by atoms with Crippen molar-refractivity contribution in [3.63, 3.8) is 0 Å². The van der Waals surface area contributed by atoms with E-state index in [1.165, 1.54) is 19.3 Å². The predicted molar refractivity (Wildman–Crippen MR) is 58.2 cm³/mol. The lowest BCUT2D eigenvalue weighted by Crippen LogP contribution is -2.15. The van der Waals surface area contributed by atoms with Gasteiger partial charge in [0.15, 0.2) is 5.69 Å². The van der Waals surface area contributed by atoms with Gasteiger partial charge in [0.05, 0.1) is 17.4 Å². The molecular weight excluding hydrogens is 188 g/mol. The molecule has 15 heavy (non-hydrogen) atoms. The Kier molecular flexibility index (Phi) is 2.63. The van der Waals surface area contributed by atoms with E-state index in [0.29, 0.717) is 17.4 Å². The fraction of sp³-hybridized carbons (Fsp3) is 0.636. The summed E-state index contributed by atoms with van der Waals surface area (Å²) in [5.74, 6) is 0. The number of nitrogens with zero attached hydrogens (tertiary/aromatic N) is 3. The van der Waals surface area contributed by atoms with Crippen LogP contribution in [-0.2, 0) is 0 Å². The Morgan fingerprint density at radius 3 is 2.67 bits per heavy atom. The van der Waals surface area contributed by atoms with Gasteiger partial charge in [-0.2, -0.15) is 10.4 Å². The highest BCUT2D eigenvalue weighted by molar-refractivity contribution is 5.53. The number of nitriles is 1. The minimum absolute atomic E-state index is 0.379. The normalized spacial score (nSPS) is 17.6. The maximum Gasteiger partial charge on any atom is 0.162 e. The standard InChI is InChI=1S/C11H16N4/c1-8-11(13)10(7-12)15(14-8)9-5-3-2-4-6-9/h9H,2-6,13H2,1H3.